The molecule has 0 aromatic heterocycles. The fourth-order valence-electron chi connectivity index (χ4n) is 2.22. The van der Waals surface area contributed by atoms with E-state index in [-0.39, 0.29) is 25.1 Å². The van der Waals surface area contributed by atoms with Crippen LogP contribution in [0.5, 0.6) is 0 Å². The first kappa shape index (κ1) is 14.9. The lowest BCUT2D eigenvalue weighted by Crippen LogP contribution is -2.46. The molecule has 1 heterocycles. The number of hydrogen-bond acceptors (Lipinski definition) is 4. The quantitative estimate of drug-likeness (QED) is 0.785. The zero-order valence-corrected chi connectivity index (χ0v) is 11.2. The maximum absolute atomic E-state index is 13.3. The van der Waals surface area contributed by atoms with Crippen molar-refractivity contribution >= 4 is 0 Å². The fourth-order valence-corrected chi connectivity index (χ4v) is 2.22. The molecular formula is C15H18FNO3. The molecule has 0 saturated carbocycles. The van der Waals surface area contributed by atoms with Crippen molar-refractivity contribution in [1.82, 2.24) is 4.90 Å². The molecule has 0 radical (unpaired) electrons. The molecule has 1 saturated heterocycles. The van der Waals surface area contributed by atoms with Gasteiger partial charge >= 0.3 is 0 Å². The second kappa shape index (κ2) is 7.36. The van der Waals surface area contributed by atoms with Gasteiger partial charge in [0, 0.05) is 18.7 Å². The molecule has 1 aromatic carbocycles. The van der Waals surface area contributed by atoms with Gasteiger partial charge in [-0.25, -0.2) is 4.39 Å². The van der Waals surface area contributed by atoms with Crippen LogP contribution in [0.25, 0.3) is 0 Å². The van der Waals surface area contributed by atoms with Crippen molar-refractivity contribution < 1.29 is 19.3 Å². The van der Waals surface area contributed by atoms with E-state index < -0.39 is 0 Å². The van der Waals surface area contributed by atoms with Crippen LogP contribution >= 0.6 is 0 Å². The van der Waals surface area contributed by atoms with Gasteiger partial charge in [0.1, 0.15) is 12.4 Å². The van der Waals surface area contributed by atoms with Crippen molar-refractivity contribution in [3.05, 3.63) is 35.1 Å². The van der Waals surface area contributed by atoms with E-state index in [1.165, 1.54) is 12.1 Å². The zero-order chi connectivity index (χ0) is 14.4. The number of benzene rings is 1. The predicted octanol–water partition coefficient (Wildman–Crippen LogP) is 0.363. The van der Waals surface area contributed by atoms with Crippen LogP contribution in [0.1, 0.15) is 11.1 Å². The number of hydrogen-bond donors (Lipinski definition) is 2. The second-order valence-electron chi connectivity index (χ2n) is 4.64. The third-order valence-corrected chi connectivity index (χ3v) is 3.31. The predicted molar refractivity (Wildman–Crippen MR) is 72.5 cm³/mol. The number of nitrogens with zero attached hydrogens (tertiary/aromatic N) is 1. The first-order valence-corrected chi connectivity index (χ1v) is 6.55. The van der Waals surface area contributed by atoms with E-state index in [9.17, 15) is 9.50 Å². The highest BCUT2D eigenvalue weighted by molar-refractivity contribution is 5.41. The molecule has 1 atom stereocenters. The van der Waals surface area contributed by atoms with Crippen LogP contribution in [-0.2, 0) is 11.3 Å². The molecule has 0 bridgehead atoms. The third-order valence-electron chi connectivity index (χ3n) is 3.31. The molecule has 1 aliphatic rings. The lowest BCUT2D eigenvalue weighted by atomic mass is 10.1. The number of morpholine rings is 1. The van der Waals surface area contributed by atoms with Gasteiger partial charge in [-0.1, -0.05) is 17.9 Å². The molecule has 2 N–H and O–H groups in total. The highest BCUT2D eigenvalue weighted by atomic mass is 19.1. The summed E-state index contributed by atoms with van der Waals surface area (Å²) in [4.78, 5) is 2.10. The van der Waals surface area contributed by atoms with Gasteiger partial charge in [-0.3, -0.25) is 4.90 Å². The highest BCUT2D eigenvalue weighted by Crippen LogP contribution is 2.16. The van der Waals surface area contributed by atoms with Gasteiger partial charge in [-0.15, -0.1) is 0 Å². The minimum Gasteiger partial charge on any atom is -0.395 e. The van der Waals surface area contributed by atoms with Crippen LogP contribution in [0.2, 0.25) is 0 Å². The molecule has 2 rings (SSSR count). The number of rotatable bonds is 3. The Labute approximate surface area is 117 Å². The Bertz CT molecular complexity index is 510. The summed E-state index contributed by atoms with van der Waals surface area (Å²) >= 11 is 0. The Kier molecular flexibility index (Phi) is 5.50. The van der Waals surface area contributed by atoms with Gasteiger partial charge in [-0.2, -0.15) is 0 Å². The minimum atomic E-state index is -0.350. The van der Waals surface area contributed by atoms with Gasteiger partial charge < -0.3 is 14.9 Å². The second-order valence-corrected chi connectivity index (χ2v) is 4.64. The Morgan fingerprint density at radius 2 is 2.25 bits per heavy atom. The summed E-state index contributed by atoms with van der Waals surface area (Å²) in [5.74, 6) is 4.96. The summed E-state index contributed by atoms with van der Waals surface area (Å²) in [5.41, 5.74) is 1.45. The van der Waals surface area contributed by atoms with Crippen molar-refractivity contribution in [3.63, 3.8) is 0 Å². The third kappa shape index (κ3) is 3.78. The van der Waals surface area contributed by atoms with Crippen LogP contribution in [0.15, 0.2) is 18.2 Å². The summed E-state index contributed by atoms with van der Waals surface area (Å²) in [6.45, 7) is 2.18. The smallest absolute Gasteiger partial charge is 0.124 e. The highest BCUT2D eigenvalue weighted by Gasteiger charge is 2.22. The summed E-state index contributed by atoms with van der Waals surface area (Å²) in [7, 11) is 0. The van der Waals surface area contributed by atoms with Crippen molar-refractivity contribution in [1.29, 1.82) is 0 Å². The molecular weight excluding hydrogens is 261 g/mol. The van der Waals surface area contributed by atoms with Crippen molar-refractivity contribution in [2.45, 2.75) is 12.6 Å². The summed E-state index contributed by atoms with van der Waals surface area (Å²) in [6.07, 6.45) is 0. The normalized spacial score (nSPS) is 19.4. The average molecular weight is 279 g/mol. The van der Waals surface area contributed by atoms with Crippen LogP contribution in [0.3, 0.4) is 0 Å². The fraction of sp³-hybridized carbons (Fsp3) is 0.467. The number of aliphatic hydroxyl groups is 2. The lowest BCUT2D eigenvalue weighted by molar-refractivity contribution is -0.0313. The Balaban J connectivity index is 2.19. The zero-order valence-electron chi connectivity index (χ0n) is 11.2. The van der Waals surface area contributed by atoms with Crippen LogP contribution < -0.4 is 0 Å². The molecule has 1 fully saturated rings. The van der Waals surface area contributed by atoms with Gasteiger partial charge in [-0.05, 0) is 17.7 Å². The number of ether oxygens (including phenoxy) is 1. The summed E-state index contributed by atoms with van der Waals surface area (Å²) < 4.78 is 18.6. The van der Waals surface area contributed by atoms with Gasteiger partial charge in [0.2, 0.25) is 0 Å². The largest absolute Gasteiger partial charge is 0.395 e. The van der Waals surface area contributed by atoms with Crippen LogP contribution in [0.4, 0.5) is 4.39 Å². The molecule has 5 heteroatoms. The van der Waals surface area contributed by atoms with Gasteiger partial charge in [0.15, 0.2) is 0 Å². The standard InChI is InChI=1S/C15H18FNO3/c16-14-4-3-13(12(8-14)2-1-6-18)9-17-5-7-20-11-15(17)10-19/h3-4,8,15,18-19H,5-7,9-11H2. The number of aliphatic hydroxyl groups excluding tert-OH is 2. The van der Waals surface area contributed by atoms with E-state index in [1.807, 2.05) is 0 Å². The van der Waals surface area contributed by atoms with Gasteiger partial charge in [0.05, 0.1) is 25.9 Å². The maximum Gasteiger partial charge on any atom is 0.124 e. The Hall–Kier alpha value is -1.45. The van der Waals surface area contributed by atoms with Crippen LogP contribution in [0, 0.1) is 17.7 Å². The SMILES string of the molecule is OCC#Cc1cc(F)ccc1CN1CCOCC1CO. The van der Waals surface area contributed by atoms with Crippen molar-refractivity contribution in [2.24, 2.45) is 0 Å². The molecule has 0 amide bonds. The molecule has 1 unspecified atom stereocenters. The van der Waals surface area contributed by atoms with Crippen molar-refractivity contribution in [2.75, 3.05) is 33.0 Å². The Morgan fingerprint density at radius 1 is 1.40 bits per heavy atom. The molecule has 0 spiro atoms. The molecule has 1 aliphatic heterocycles. The minimum absolute atomic E-state index is 0.0266. The topological polar surface area (TPSA) is 52.9 Å². The first-order valence-electron chi connectivity index (χ1n) is 6.55. The van der Waals surface area contributed by atoms with Crippen LogP contribution in [-0.4, -0.2) is 54.1 Å². The number of halogens is 1. The molecule has 20 heavy (non-hydrogen) atoms. The monoisotopic (exact) mass is 279 g/mol. The van der Waals surface area contributed by atoms with Crippen molar-refractivity contribution in [3.8, 4) is 11.8 Å². The summed E-state index contributed by atoms with van der Waals surface area (Å²) in [5, 5.41) is 18.1. The van der Waals surface area contributed by atoms with E-state index in [2.05, 4.69) is 16.7 Å². The van der Waals surface area contributed by atoms with E-state index in [1.54, 1.807) is 6.07 Å². The Morgan fingerprint density at radius 3 is 3.00 bits per heavy atom. The molecule has 1 aromatic rings. The van der Waals surface area contributed by atoms with E-state index in [0.717, 1.165) is 12.1 Å². The van der Waals surface area contributed by atoms with E-state index in [0.29, 0.717) is 25.3 Å². The maximum atomic E-state index is 13.3. The lowest BCUT2D eigenvalue weighted by Gasteiger charge is -2.34. The average Bonchev–Trinajstić information content (AvgIpc) is 2.48. The first-order chi connectivity index (χ1) is 9.74. The molecule has 0 aliphatic carbocycles. The van der Waals surface area contributed by atoms with Gasteiger partial charge in [0.25, 0.3) is 0 Å². The van der Waals surface area contributed by atoms with E-state index >= 15 is 0 Å². The molecule has 4 nitrogen and oxygen atoms in total. The van der Waals surface area contributed by atoms with E-state index in [4.69, 9.17) is 9.84 Å². The summed E-state index contributed by atoms with van der Waals surface area (Å²) in [6, 6.07) is 4.41. The molecule has 108 valence electrons.